The van der Waals surface area contributed by atoms with Gasteiger partial charge in [-0.15, -0.1) is 0 Å². The second-order valence-electron chi connectivity index (χ2n) is 5.24. The highest BCUT2D eigenvalue weighted by Gasteiger charge is 2.17. The van der Waals surface area contributed by atoms with Crippen molar-refractivity contribution in [2.24, 2.45) is 0 Å². The van der Waals surface area contributed by atoms with Gasteiger partial charge in [-0.2, -0.15) is 0 Å². The molecule has 0 bridgehead atoms. The van der Waals surface area contributed by atoms with Gasteiger partial charge in [0.25, 0.3) is 0 Å². The fourth-order valence-electron chi connectivity index (χ4n) is 2.13. The number of rotatable bonds is 7. The fourth-order valence-corrected chi connectivity index (χ4v) is 2.34. The highest BCUT2D eigenvalue weighted by Crippen LogP contribution is 2.14. The number of carbonyl (C=O) groups excluding carboxylic acids is 1. The van der Waals surface area contributed by atoms with E-state index in [2.05, 4.69) is 0 Å². The number of aliphatic carboxylic acids is 1. The molecular formula is C18H18ClNO4. The first kappa shape index (κ1) is 17.8. The summed E-state index contributed by atoms with van der Waals surface area (Å²) in [5.41, 5.74) is 1.68. The molecule has 0 aliphatic heterocycles. The molecule has 0 unspecified atom stereocenters. The first-order valence-electron chi connectivity index (χ1n) is 7.46. The largest absolute Gasteiger partial charge is 0.481 e. The minimum Gasteiger partial charge on any atom is -0.481 e. The standard InChI is InChI=1S/C18H18ClNO4/c19-16-8-4-7-15(11-16)12-20(10-9-17(21)22)18(23)24-13-14-5-2-1-3-6-14/h1-8,11H,9-10,12-13H2,(H,21,22). The fraction of sp³-hybridized carbons (Fsp3) is 0.222. The van der Waals surface area contributed by atoms with Crippen molar-refractivity contribution in [2.45, 2.75) is 19.6 Å². The quantitative estimate of drug-likeness (QED) is 0.823. The average Bonchev–Trinajstić information content (AvgIpc) is 2.57. The third-order valence-corrected chi connectivity index (χ3v) is 3.56. The molecule has 126 valence electrons. The normalized spacial score (nSPS) is 10.2. The number of hydrogen-bond acceptors (Lipinski definition) is 3. The summed E-state index contributed by atoms with van der Waals surface area (Å²) < 4.78 is 5.29. The van der Waals surface area contributed by atoms with Crippen LogP contribution >= 0.6 is 11.6 Å². The Balaban J connectivity index is 2.00. The number of amides is 1. The third-order valence-electron chi connectivity index (χ3n) is 3.32. The molecule has 0 aliphatic rings. The Morgan fingerprint density at radius 3 is 2.42 bits per heavy atom. The molecule has 0 atom stereocenters. The first-order chi connectivity index (χ1) is 11.5. The van der Waals surface area contributed by atoms with Crippen molar-refractivity contribution >= 4 is 23.7 Å². The van der Waals surface area contributed by atoms with E-state index in [4.69, 9.17) is 21.4 Å². The summed E-state index contributed by atoms with van der Waals surface area (Å²) in [5, 5.41) is 9.42. The minimum absolute atomic E-state index is 0.0650. The van der Waals surface area contributed by atoms with Gasteiger partial charge in [-0.05, 0) is 23.3 Å². The van der Waals surface area contributed by atoms with Gasteiger partial charge in [0.2, 0.25) is 0 Å². The lowest BCUT2D eigenvalue weighted by molar-refractivity contribution is -0.137. The van der Waals surface area contributed by atoms with Gasteiger partial charge in [0.15, 0.2) is 0 Å². The molecule has 1 N–H and O–H groups in total. The number of ether oxygens (including phenoxy) is 1. The van der Waals surface area contributed by atoms with Crippen molar-refractivity contribution in [3.8, 4) is 0 Å². The van der Waals surface area contributed by atoms with Gasteiger partial charge >= 0.3 is 12.1 Å². The summed E-state index contributed by atoms with van der Waals surface area (Å²) in [6.07, 6.45) is -0.707. The Hall–Kier alpha value is -2.53. The van der Waals surface area contributed by atoms with Crippen LogP contribution in [0.1, 0.15) is 17.5 Å². The lowest BCUT2D eigenvalue weighted by Crippen LogP contribution is -2.33. The van der Waals surface area contributed by atoms with Crippen LogP contribution in [0.5, 0.6) is 0 Å². The second kappa shape index (κ2) is 8.93. The molecule has 0 saturated carbocycles. The van der Waals surface area contributed by atoms with E-state index in [1.807, 2.05) is 36.4 Å². The number of carbonyl (C=O) groups is 2. The molecule has 2 rings (SSSR count). The van der Waals surface area contributed by atoms with Crippen molar-refractivity contribution in [3.05, 3.63) is 70.7 Å². The molecule has 0 saturated heterocycles. The molecule has 6 heteroatoms. The van der Waals surface area contributed by atoms with E-state index in [0.717, 1.165) is 11.1 Å². The molecule has 0 aliphatic carbocycles. The van der Waals surface area contributed by atoms with Crippen LogP contribution in [0.3, 0.4) is 0 Å². The molecule has 0 fully saturated rings. The van der Waals surface area contributed by atoms with Gasteiger partial charge in [0, 0.05) is 18.1 Å². The highest BCUT2D eigenvalue weighted by molar-refractivity contribution is 6.30. The number of hydrogen-bond donors (Lipinski definition) is 1. The number of carboxylic acid groups (broad SMARTS) is 1. The van der Waals surface area contributed by atoms with E-state index in [1.54, 1.807) is 18.2 Å². The van der Waals surface area contributed by atoms with E-state index in [-0.39, 0.29) is 26.1 Å². The zero-order chi connectivity index (χ0) is 17.4. The van der Waals surface area contributed by atoms with Crippen LogP contribution < -0.4 is 0 Å². The van der Waals surface area contributed by atoms with Crippen molar-refractivity contribution in [1.82, 2.24) is 4.90 Å². The molecule has 0 aromatic heterocycles. The molecule has 0 heterocycles. The van der Waals surface area contributed by atoms with Crippen LogP contribution in [0.2, 0.25) is 5.02 Å². The van der Waals surface area contributed by atoms with Crippen LogP contribution in [0.25, 0.3) is 0 Å². The summed E-state index contributed by atoms with van der Waals surface area (Å²) >= 11 is 5.95. The van der Waals surface area contributed by atoms with Crippen LogP contribution in [0.15, 0.2) is 54.6 Å². The van der Waals surface area contributed by atoms with Gasteiger partial charge in [-0.3, -0.25) is 4.79 Å². The van der Waals surface area contributed by atoms with Gasteiger partial charge in [0.05, 0.1) is 6.42 Å². The van der Waals surface area contributed by atoms with Gasteiger partial charge in [0.1, 0.15) is 6.61 Å². The predicted octanol–water partition coefficient (Wildman–Crippen LogP) is 3.95. The monoisotopic (exact) mass is 347 g/mol. The van der Waals surface area contributed by atoms with E-state index in [9.17, 15) is 9.59 Å². The summed E-state index contributed by atoms with van der Waals surface area (Å²) in [4.78, 5) is 24.5. The van der Waals surface area contributed by atoms with Gasteiger partial charge in [-0.1, -0.05) is 54.1 Å². The van der Waals surface area contributed by atoms with E-state index in [0.29, 0.717) is 5.02 Å². The Morgan fingerprint density at radius 1 is 1.04 bits per heavy atom. The number of carboxylic acids is 1. The van der Waals surface area contributed by atoms with Crippen LogP contribution in [-0.4, -0.2) is 28.6 Å². The minimum atomic E-state index is -0.970. The van der Waals surface area contributed by atoms with Gasteiger partial charge in [-0.25, -0.2) is 4.79 Å². The predicted molar refractivity (Wildman–Crippen MR) is 90.7 cm³/mol. The maximum Gasteiger partial charge on any atom is 0.410 e. The average molecular weight is 348 g/mol. The van der Waals surface area contributed by atoms with Crippen LogP contribution in [0, 0.1) is 0 Å². The molecule has 2 aromatic rings. The molecule has 24 heavy (non-hydrogen) atoms. The van der Waals surface area contributed by atoms with E-state index < -0.39 is 12.1 Å². The summed E-state index contributed by atoms with van der Waals surface area (Å²) in [5.74, 6) is -0.970. The molecule has 2 aromatic carbocycles. The summed E-state index contributed by atoms with van der Waals surface area (Å²) in [7, 11) is 0. The Kier molecular flexibility index (Phi) is 6.63. The summed E-state index contributed by atoms with van der Waals surface area (Å²) in [6.45, 7) is 0.440. The van der Waals surface area contributed by atoms with Crippen molar-refractivity contribution in [2.75, 3.05) is 6.54 Å². The Morgan fingerprint density at radius 2 is 1.75 bits per heavy atom. The number of nitrogens with zero attached hydrogens (tertiary/aromatic N) is 1. The number of halogens is 1. The molecule has 1 amide bonds. The molecule has 0 spiro atoms. The zero-order valence-electron chi connectivity index (χ0n) is 13.0. The lowest BCUT2D eigenvalue weighted by atomic mass is 10.2. The SMILES string of the molecule is O=C(O)CCN(Cc1cccc(Cl)c1)C(=O)OCc1ccccc1. The second-order valence-corrected chi connectivity index (χ2v) is 5.67. The number of benzene rings is 2. The highest BCUT2D eigenvalue weighted by atomic mass is 35.5. The van der Waals surface area contributed by atoms with Crippen molar-refractivity contribution < 1.29 is 19.4 Å². The van der Waals surface area contributed by atoms with Crippen LogP contribution in [-0.2, 0) is 22.7 Å². The maximum absolute atomic E-state index is 12.3. The van der Waals surface area contributed by atoms with Gasteiger partial charge < -0.3 is 14.7 Å². The van der Waals surface area contributed by atoms with Crippen LogP contribution in [0.4, 0.5) is 4.79 Å². The smallest absolute Gasteiger partial charge is 0.410 e. The molecule has 5 nitrogen and oxygen atoms in total. The molecular weight excluding hydrogens is 330 g/mol. The first-order valence-corrected chi connectivity index (χ1v) is 7.84. The van der Waals surface area contributed by atoms with E-state index >= 15 is 0 Å². The zero-order valence-corrected chi connectivity index (χ0v) is 13.8. The van der Waals surface area contributed by atoms with Crippen molar-refractivity contribution in [3.63, 3.8) is 0 Å². The van der Waals surface area contributed by atoms with E-state index in [1.165, 1.54) is 4.90 Å². The summed E-state index contributed by atoms with van der Waals surface area (Å²) in [6, 6.07) is 16.4. The Labute approximate surface area is 145 Å². The lowest BCUT2D eigenvalue weighted by Gasteiger charge is -2.21. The van der Waals surface area contributed by atoms with Crippen molar-refractivity contribution in [1.29, 1.82) is 0 Å². The topological polar surface area (TPSA) is 66.8 Å². The third kappa shape index (κ3) is 5.93. The Bertz CT molecular complexity index is 690. The maximum atomic E-state index is 12.3. The molecule has 0 radical (unpaired) electrons.